The van der Waals surface area contributed by atoms with Crippen LogP contribution in [0.4, 0.5) is 5.69 Å². The van der Waals surface area contributed by atoms with E-state index in [9.17, 15) is 29.2 Å². The number of nitriles is 1. The molecule has 0 spiro atoms. The number of carbonyl (C=O) groups excluding carboxylic acids is 5. The molecule has 0 radical (unpaired) electrons. The summed E-state index contributed by atoms with van der Waals surface area (Å²) in [7, 11) is 2.05. The number of imide groups is 1. The Morgan fingerprint density at radius 3 is 2.29 bits per heavy atom. The Kier molecular flexibility index (Phi) is 10.6. The lowest BCUT2D eigenvalue weighted by Crippen LogP contribution is -2.52. The van der Waals surface area contributed by atoms with Crippen molar-refractivity contribution in [2.24, 2.45) is 0 Å². The van der Waals surface area contributed by atoms with Gasteiger partial charge in [-0.15, -0.1) is 0 Å². The molecular formula is C43H46ClN7O5. The maximum Gasteiger partial charge on any atom is 0.255 e. The van der Waals surface area contributed by atoms with Crippen molar-refractivity contribution in [1.82, 2.24) is 25.3 Å². The number of rotatable bonds is 8. The molecule has 3 aromatic rings. The van der Waals surface area contributed by atoms with Crippen molar-refractivity contribution >= 4 is 46.8 Å². The van der Waals surface area contributed by atoms with E-state index in [0.29, 0.717) is 66.3 Å². The van der Waals surface area contributed by atoms with Crippen LogP contribution >= 0.6 is 11.6 Å². The molecule has 4 aliphatic heterocycles. The van der Waals surface area contributed by atoms with E-state index in [0.717, 1.165) is 74.0 Å². The summed E-state index contributed by atoms with van der Waals surface area (Å²) >= 11 is 6.27. The molecule has 1 saturated carbocycles. The number of nitrogens with one attached hydrogen (secondary N) is 2. The summed E-state index contributed by atoms with van der Waals surface area (Å²) in [6, 6.07) is 19.3. The van der Waals surface area contributed by atoms with Gasteiger partial charge in [-0.2, -0.15) is 5.26 Å². The van der Waals surface area contributed by atoms with Crippen LogP contribution in [0.1, 0.15) is 106 Å². The number of hydrogen-bond acceptors (Lipinski definition) is 8. The first kappa shape index (κ1) is 37.7. The van der Waals surface area contributed by atoms with E-state index >= 15 is 0 Å². The number of nitrogens with zero attached hydrogens (tertiary/aromatic N) is 5. The standard InChI is InChI=1S/C43H46ClN7O5/c1-48(35-9-6-29(21-45)37(44)20-35)34-10-7-33(8-11-34)46-41(54)28-4-2-26(3-5-28)27-14-16-49(17-15-27)25-40(53)50-22-30-18-32-24-51(38-12-13-39(52)47-42(38)55)43(56)36(32)19-31(30)23-50/h2-6,9,18-20,27,33-34,38H,7-8,10-17,22-25H2,1H3,(H,46,54)(H,47,52,55). The molecule has 3 fully saturated rings. The van der Waals surface area contributed by atoms with Gasteiger partial charge in [0.2, 0.25) is 17.7 Å². The van der Waals surface area contributed by atoms with Crippen molar-refractivity contribution in [2.75, 3.05) is 31.6 Å². The van der Waals surface area contributed by atoms with E-state index in [-0.39, 0.29) is 36.1 Å². The SMILES string of the molecule is CN(c1ccc(C#N)c(Cl)c1)C1CCC(NC(=O)c2ccc(C3CCN(CC(=O)N4Cc5cc6c(cc5C4)C(=O)N(C4CCC(=O)NC4=O)C6)CC3)cc2)CC1. The Balaban J connectivity index is 0.770. The molecule has 2 saturated heterocycles. The number of anilines is 1. The molecule has 0 aromatic heterocycles. The summed E-state index contributed by atoms with van der Waals surface area (Å²) in [6.07, 6.45) is 6.11. The lowest BCUT2D eigenvalue weighted by Gasteiger charge is -2.36. The van der Waals surface area contributed by atoms with E-state index in [4.69, 9.17) is 11.6 Å². The quantitative estimate of drug-likeness (QED) is 0.309. The van der Waals surface area contributed by atoms with Crippen LogP contribution in [0.2, 0.25) is 5.02 Å². The van der Waals surface area contributed by atoms with E-state index in [1.807, 2.05) is 41.3 Å². The van der Waals surface area contributed by atoms with Gasteiger partial charge in [-0.3, -0.25) is 34.2 Å². The first-order chi connectivity index (χ1) is 27.0. The van der Waals surface area contributed by atoms with Gasteiger partial charge >= 0.3 is 0 Å². The Labute approximate surface area is 331 Å². The highest BCUT2D eigenvalue weighted by molar-refractivity contribution is 6.32. The predicted molar refractivity (Wildman–Crippen MR) is 210 cm³/mol. The number of benzene rings is 3. The molecule has 5 aliphatic rings. The summed E-state index contributed by atoms with van der Waals surface area (Å²) in [4.78, 5) is 71.8. The van der Waals surface area contributed by atoms with Gasteiger partial charge in [-0.1, -0.05) is 29.8 Å². The summed E-state index contributed by atoms with van der Waals surface area (Å²) < 4.78 is 0. The minimum atomic E-state index is -0.643. The molecular weight excluding hydrogens is 730 g/mol. The minimum absolute atomic E-state index is 0.0463. The third-order valence-corrected chi connectivity index (χ3v) is 12.9. The number of hydrogen-bond donors (Lipinski definition) is 2. The van der Waals surface area contributed by atoms with E-state index in [2.05, 4.69) is 45.7 Å². The largest absolute Gasteiger partial charge is 0.372 e. The molecule has 12 nitrogen and oxygen atoms in total. The Morgan fingerprint density at radius 2 is 1.61 bits per heavy atom. The highest BCUT2D eigenvalue weighted by Gasteiger charge is 2.40. The third kappa shape index (κ3) is 7.62. The Bertz CT molecular complexity index is 2120. The molecule has 1 unspecified atom stereocenters. The van der Waals surface area contributed by atoms with Gasteiger partial charge in [0.05, 0.1) is 17.1 Å². The molecule has 13 heteroatoms. The molecule has 2 N–H and O–H groups in total. The van der Waals surface area contributed by atoms with Gasteiger partial charge in [0.1, 0.15) is 12.1 Å². The zero-order valence-corrected chi connectivity index (χ0v) is 32.3. The molecule has 4 heterocycles. The molecule has 8 rings (SSSR count). The van der Waals surface area contributed by atoms with Gasteiger partial charge in [0.25, 0.3) is 11.8 Å². The molecule has 1 atom stereocenters. The smallest absolute Gasteiger partial charge is 0.255 e. The molecule has 5 amide bonds. The van der Waals surface area contributed by atoms with Gasteiger partial charge in [0.15, 0.2) is 0 Å². The second-order valence-corrected chi connectivity index (χ2v) is 16.4. The molecule has 1 aliphatic carbocycles. The van der Waals surface area contributed by atoms with Crippen molar-refractivity contribution in [3.05, 3.63) is 98.6 Å². The number of likely N-dealkylation sites (tertiary alicyclic amines) is 1. The number of carbonyl (C=O) groups is 5. The molecule has 56 heavy (non-hydrogen) atoms. The zero-order chi connectivity index (χ0) is 39.1. The fourth-order valence-corrected chi connectivity index (χ4v) is 9.39. The van der Waals surface area contributed by atoms with Crippen molar-refractivity contribution in [3.8, 4) is 6.07 Å². The average Bonchev–Trinajstić information content (AvgIpc) is 3.77. The normalized spacial score (nSPS) is 22.7. The predicted octanol–water partition coefficient (Wildman–Crippen LogP) is 4.87. The summed E-state index contributed by atoms with van der Waals surface area (Å²) in [6.45, 7) is 3.26. The van der Waals surface area contributed by atoms with Crippen molar-refractivity contribution in [2.45, 2.75) is 95.0 Å². The maximum absolute atomic E-state index is 13.4. The van der Waals surface area contributed by atoms with E-state index in [1.54, 1.807) is 11.0 Å². The van der Waals surface area contributed by atoms with E-state index in [1.165, 1.54) is 5.56 Å². The van der Waals surface area contributed by atoms with Crippen LogP contribution in [0.25, 0.3) is 0 Å². The third-order valence-electron chi connectivity index (χ3n) is 12.6. The Morgan fingerprint density at radius 1 is 0.893 bits per heavy atom. The number of amides is 5. The van der Waals surface area contributed by atoms with Crippen LogP contribution in [0.5, 0.6) is 0 Å². The van der Waals surface area contributed by atoms with Gasteiger partial charge in [-0.05, 0) is 123 Å². The number of halogens is 1. The van der Waals surface area contributed by atoms with Crippen LogP contribution in [0.3, 0.4) is 0 Å². The maximum atomic E-state index is 13.4. The first-order valence-electron chi connectivity index (χ1n) is 19.7. The lowest BCUT2D eigenvalue weighted by molar-refractivity contribution is -0.137. The lowest BCUT2D eigenvalue weighted by atomic mass is 9.88. The first-order valence-corrected chi connectivity index (χ1v) is 20.0. The average molecular weight is 776 g/mol. The van der Waals surface area contributed by atoms with Gasteiger partial charge in [0, 0.05) is 62.0 Å². The summed E-state index contributed by atoms with van der Waals surface area (Å²) in [5.41, 5.74) is 6.78. The zero-order valence-electron chi connectivity index (χ0n) is 31.6. The number of piperidine rings is 2. The van der Waals surface area contributed by atoms with Crippen LogP contribution in [-0.4, -0.2) is 89.0 Å². The van der Waals surface area contributed by atoms with E-state index < -0.39 is 11.9 Å². The second kappa shape index (κ2) is 15.7. The monoisotopic (exact) mass is 775 g/mol. The van der Waals surface area contributed by atoms with Crippen LogP contribution in [-0.2, 0) is 34.0 Å². The Hall–Kier alpha value is -5.25. The molecule has 0 bridgehead atoms. The van der Waals surface area contributed by atoms with Crippen LogP contribution < -0.4 is 15.5 Å². The van der Waals surface area contributed by atoms with Gasteiger partial charge in [-0.25, -0.2) is 0 Å². The fraction of sp³-hybridized carbons (Fsp3) is 0.442. The molecule has 290 valence electrons. The minimum Gasteiger partial charge on any atom is -0.372 e. The van der Waals surface area contributed by atoms with Crippen LogP contribution in [0.15, 0.2) is 54.6 Å². The number of fused-ring (bicyclic) bond motifs is 2. The second-order valence-electron chi connectivity index (χ2n) is 16.0. The van der Waals surface area contributed by atoms with Crippen LogP contribution in [0, 0.1) is 11.3 Å². The fourth-order valence-electron chi connectivity index (χ4n) is 9.17. The van der Waals surface area contributed by atoms with Crippen molar-refractivity contribution in [3.63, 3.8) is 0 Å². The summed E-state index contributed by atoms with van der Waals surface area (Å²) in [5, 5.41) is 15.2. The highest BCUT2D eigenvalue weighted by Crippen LogP contribution is 2.35. The summed E-state index contributed by atoms with van der Waals surface area (Å²) in [5.74, 6) is -0.530. The van der Waals surface area contributed by atoms with Gasteiger partial charge < -0.3 is 20.0 Å². The van der Waals surface area contributed by atoms with Crippen molar-refractivity contribution < 1.29 is 24.0 Å². The topological polar surface area (TPSA) is 146 Å². The highest BCUT2D eigenvalue weighted by atomic mass is 35.5. The van der Waals surface area contributed by atoms with Crippen molar-refractivity contribution in [1.29, 1.82) is 5.26 Å². The molecule has 3 aromatic carbocycles.